The average molecular weight is 237 g/mol. The minimum Gasteiger partial charge on any atom is -0.506 e. The van der Waals surface area contributed by atoms with E-state index in [4.69, 9.17) is 38.5 Å². The number of benzene rings is 1. The maximum absolute atomic E-state index is 10.4. The van der Waals surface area contributed by atoms with E-state index in [0.717, 1.165) is 12.1 Å². The second-order valence-corrected chi connectivity index (χ2v) is 3.38. The zero-order valence-electron chi connectivity index (χ0n) is 6.74. The van der Waals surface area contributed by atoms with Crippen LogP contribution in [0, 0.1) is 0 Å². The van der Waals surface area contributed by atoms with Crippen molar-refractivity contribution in [1.29, 1.82) is 0 Å². The summed E-state index contributed by atoms with van der Waals surface area (Å²) in [6, 6.07) is 2.18. The second kappa shape index (κ2) is 4.04. The van der Waals surface area contributed by atoms with Crippen LogP contribution in [0.4, 0.5) is 0 Å². The van der Waals surface area contributed by atoms with Gasteiger partial charge in [-0.3, -0.25) is 0 Å². The van der Waals surface area contributed by atoms with Crippen molar-refractivity contribution in [3.05, 3.63) is 27.7 Å². The lowest BCUT2D eigenvalue weighted by Gasteiger charge is -2.09. The van der Waals surface area contributed by atoms with Crippen molar-refractivity contribution in [1.82, 2.24) is 0 Å². The highest BCUT2D eigenvalue weighted by Gasteiger charge is 2.20. The van der Waals surface area contributed by atoms with Crippen LogP contribution >= 0.6 is 23.2 Å². The van der Waals surface area contributed by atoms with E-state index in [2.05, 4.69) is 0 Å². The van der Waals surface area contributed by atoms with Crippen LogP contribution < -0.4 is 0 Å². The van der Waals surface area contributed by atoms with Gasteiger partial charge in [-0.2, -0.15) is 0 Å². The molecule has 0 saturated heterocycles. The summed E-state index contributed by atoms with van der Waals surface area (Å²) in [5.74, 6) is -1.70. The standard InChI is InChI=1S/C8H6Cl2O4/c9-4-2-6(11)5(10)1-3(4)7(12)8(13)14/h1-2,7,11-12H,(H,13,14). The number of aliphatic carboxylic acids is 1. The SMILES string of the molecule is O=C(O)C(O)c1cc(Cl)c(O)cc1Cl. The molecule has 0 aliphatic rings. The first-order valence-electron chi connectivity index (χ1n) is 3.52. The number of carboxylic acid groups (broad SMARTS) is 1. The molecule has 0 fully saturated rings. The fourth-order valence-electron chi connectivity index (χ4n) is 0.894. The predicted octanol–water partition coefficient (Wildman–Crippen LogP) is 1.82. The van der Waals surface area contributed by atoms with Gasteiger partial charge in [0.1, 0.15) is 5.75 Å². The molecule has 0 heterocycles. The number of halogens is 2. The Kier molecular flexibility index (Phi) is 3.21. The molecule has 3 N–H and O–H groups in total. The number of aliphatic hydroxyl groups is 1. The Balaban J connectivity index is 3.22. The molecular formula is C8H6Cl2O4. The minimum absolute atomic E-state index is 0.0537. The van der Waals surface area contributed by atoms with Crippen molar-refractivity contribution >= 4 is 29.2 Å². The molecular weight excluding hydrogens is 231 g/mol. The van der Waals surface area contributed by atoms with Crippen molar-refractivity contribution in [2.45, 2.75) is 6.10 Å². The van der Waals surface area contributed by atoms with Gasteiger partial charge in [0, 0.05) is 11.6 Å². The van der Waals surface area contributed by atoms with Crippen LogP contribution in [0.1, 0.15) is 11.7 Å². The first kappa shape index (κ1) is 11.1. The molecule has 1 unspecified atom stereocenters. The summed E-state index contributed by atoms with van der Waals surface area (Å²) in [6.07, 6.45) is -1.75. The first-order chi connectivity index (χ1) is 6.43. The number of carbonyl (C=O) groups is 1. The lowest BCUT2D eigenvalue weighted by Crippen LogP contribution is -2.10. The molecule has 4 nitrogen and oxygen atoms in total. The van der Waals surface area contributed by atoms with Crippen molar-refractivity contribution in [3.8, 4) is 5.75 Å². The lowest BCUT2D eigenvalue weighted by molar-refractivity contribution is -0.146. The summed E-state index contributed by atoms with van der Waals surface area (Å²) in [7, 11) is 0. The second-order valence-electron chi connectivity index (χ2n) is 2.57. The Hall–Kier alpha value is -0.970. The van der Waals surface area contributed by atoms with Gasteiger partial charge in [-0.25, -0.2) is 4.79 Å². The number of aliphatic hydroxyl groups excluding tert-OH is 1. The molecule has 1 atom stereocenters. The van der Waals surface area contributed by atoms with Gasteiger partial charge in [-0.15, -0.1) is 0 Å². The van der Waals surface area contributed by atoms with Gasteiger partial charge in [0.2, 0.25) is 0 Å². The quantitative estimate of drug-likeness (QED) is 0.732. The molecule has 76 valence electrons. The summed E-state index contributed by atoms with van der Waals surface area (Å²) >= 11 is 11.1. The molecule has 0 saturated carbocycles. The third kappa shape index (κ3) is 2.09. The first-order valence-corrected chi connectivity index (χ1v) is 4.28. The van der Waals surface area contributed by atoms with Crippen LogP contribution in [0.3, 0.4) is 0 Å². The summed E-state index contributed by atoms with van der Waals surface area (Å²) in [6.45, 7) is 0. The highest BCUT2D eigenvalue weighted by molar-refractivity contribution is 6.34. The van der Waals surface area contributed by atoms with E-state index in [1.54, 1.807) is 0 Å². The van der Waals surface area contributed by atoms with E-state index in [1.165, 1.54) is 0 Å². The van der Waals surface area contributed by atoms with E-state index >= 15 is 0 Å². The van der Waals surface area contributed by atoms with E-state index in [9.17, 15) is 4.79 Å². The van der Waals surface area contributed by atoms with Gasteiger partial charge >= 0.3 is 5.97 Å². The van der Waals surface area contributed by atoms with E-state index in [-0.39, 0.29) is 21.4 Å². The maximum atomic E-state index is 10.4. The van der Waals surface area contributed by atoms with Crippen molar-refractivity contribution in [3.63, 3.8) is 0 Å². The average Bonchev–Trinajstić information content (AvgIpc) is 2.10. The van der Waals surface area contributed by atoms with E-state index in [1.807, 2.05) is 0 Å². The third-order valence-electron chi connectivity index (χ3n) is 1.59. The Bertz CT molecular complexity index is 378. The van der Waals surface area contributed by atoms with Gasteiger partial charge in [-0.05, 0) is 6.07 Å². The summed E-state index contributed by atoms with van der Waals surface area (Å²) in [5.41, 5.74) is -0.0537. The number of aromatic hydroxyl groups is 1. The Morgan fingerprint density at radius 2 is 1.86 bits per heavy atom. The molecule has 0 radical (unpaired) electrons. The fraction of sp³-hybridized carbons (Fsp3) is 0.125. The maximum Gasteiger partial charge on any atom is 0.337 e. The largest absolute Gasteiger partial charge is 0.506 e. The van der Waals surface area contributed by atoms with Gasteiger partial charge in [0.05, 0.1) is 10.0 Å². The molecule has 14 heavy (non-hydrogen) atoms. The normalized spacial score (nSPS) is 12.5. The molecule has 0 spiro atoms. The smallest absolute Gasteiger partial charge is 0.337 e. The van der Waals surface area contributed by atoms with Crippen LogP contribution in [0.2, 0.25) is 10.0 Å². The topological polar surface area (TPSA) is 77.8 Å². The predicted molar refractivity (Wildman–Crippen MR) is 50.7 cm³/mol. The molecule has 1 rings (SSSR count). The molecule has 1 aromatic carbocycles. The Morgan fingerprint density at radius 1 is 1.29 bits per heavy atom. The fourth-order valence-corrected chi connectivity index (χ4v) is 1.33. The highest BCUT2D eigenvalue weighted by Crippen LogP contribution is 2.33. The summed E-state index contributed by atoms with van der Waals surface area (Å²) in [4.78, 5) is 10.4. The third-order valence-corrected chi connectivity index (χ3v) is 2.22. The molecule has 0 amide bonds. The van der Waals surface area contributed by atoms with Crippen molar-refractivity contribution in [2.24, 2.45) is 0 Å². The van der Waals surface area contributed by atoms with E-state index in [0.29, 0.717) is 0 Å². The Morgan fingerprint density at radius 3 is 2.36 bits per heavy atom. The van der Waals surface area contributed by atoms with Crippen molar-refractivity contribution in [2.75, 3.05) is 0 Å². The van der Waals surface area contributed by atoms with Crippen LogP contribution in [-0.4, -0.2) is 21.3 Å². The highest BCUT2D eigenvalue weighted by atomic mass is 35.5. The zero-order valence-corrected chi connectivity index (χ0v) is 8.25. The van der Waals surface area contributed by atoms with Gasteiger partial charge in [-0.1, -0.05) is 23.2 Å². The van der Waals surface area contributed by atoms with Gasteiger partial charge in [0.25, 0.3) is 0 Å². The van der Waals surface area contributed by atoms with Crippen LogP contribution in [0.25, 0.3) is 0 Å². The summed E-state index contributed by atoms with van der Waals surface area (Å²) < 4.78 is 0. The monoisotopic (exact) mass is 236 g/mol. The molecule has 0 aliphatic carbocycles. The van der Waals surface area contributed by atoms with E-state index < -0.39 is 12.1 Å². The number of phenols is 1. The molecule has 0 aliphatic heterocycles. The van der Waals surface area contributed by atoms with Crippen molar-refractivity contribution < 1.29 is 20.1 Å². The van der Waals surface area contributed by atoms with Crippen LogP contribution in [0.5, 0.6) is 5.75 Å². The molecule has 0 aromatic heterocycles. The molecule has 1 aromatic rings. The van der Waals surface area contributed by atoms with Gasteiger partial charge < -0.3 is 15.3 Å². The number of phenolic OH excluding ortho intramolecular Hbond substituents is 1. The minimum atomic E-state index is -1.75. The lowest BCUT2D eigenvalue weighted by atomic mass is 10.1. The number of carboxylic acids is 1. The zero-order chi connectivity index (χ0) is 10.9. The molecule has 6 heteroatoms. The van der Waals surface area contributed by atoms with Crippen LogP contribution in [-0.2, 0) is 4.79 Å². The Labute approximate surface area is 89.3 Å². The molecule has 0 bridgehead atoms. The van der Waals surface area contributed by atoms with Crippen LogP contribution in [0.15, 0.2) is 12.1 Å². The number of rotatable bonds is 2. The summed E-state index contributed by atoms with van der Waals surface area (Å²) in [5, 5.41) is 26.7. The number of hydrogen-bond acceptors (Lipinski definition) is 3. The number of hydrogen-bond donors (Lipinski definition) is 3. The van der Waals surface area contributed by atoms with Gasteiger partial charge in [0.15, 0.2) is 6.10 Å².